The Bertz CT molecular complexity index is 1050. The first-order valence-electron chi connectivity index (χ1n) is 7.48. The van der Waals surface area contributed by atoms with Crippen LogP contribution in [0.25, 0.3) is 27.5 Å². The minimum absolute atomic E-state index is 0.347. The molecule has 6 heteroatoms. The highest BCUT2D eigenvalue weighted by Crippen LogP contribution is 2.32. The van der Waals surface area contributed by atoms with Gasteiger partial charge in [-0.2, -0.15) is 0 Å². The van der Waals surface area contributed by atoms with Crippen molar-refractivity contribution in [1.82, 2.24) is 14.1 Å². The van der Waals surface area contributed by atoms with Crippen molar-refractivity contribution in [1.29, 1.82) is 0 Å². The lowest BCUT2D eigenvalue weighted by Gasteiger charge is -2.04. The van der Waals surface area contributed by atoms with E-state index in [4.69, 9.17) is 9.84 Å². The maximum Gasteiger partial charge on any atom is 0.341 e. The quantitative estimate of drug-likeness (QED) is 0.627. The molecule has 0 aliphatic heterocycles. The van der Waals surface area contributed by atoms with E-state index in [1.807, 2.05) is 36.0 Å². The fourth-order valence-electron chi connectivity index (χ4n) is 2.99. The van der Waals surface area contributed by atoms with Gasteiger partial charge in [-0.25, -0.2) is 9.78 Å². The van der Waals surface area contributed by atoms with Crippen LogP contribution in [0.2, 0.25) is 0 Å². The smallest absolute Gasteiger partial charge is 0.341 e. The van der Waals surface area contributed by atoms with E-state index in [-0.39, 0.29) is 6.61 Å². The Morgan fingerprint density at radius 2 is 2.04 bits per heavy atom. The normalized spacial score (nSPS) is 11.2. The Kier molecular flexibility index (Phi) is 3.23. The molecule has 0 radical (unpaired) electrons. The summed E-state index contributed by atoms with van der Waals surface area (Å²) in [5, 5.41) is 11.0. The number of hydrogen-bond donors (Lipinski definition) is 1. The summed E-state index contributed by atoms with van der Waals surface area (Å²) in [5.41, 5.74) is 3.14. The van der Waals surface area contributed by atoms with Crippen molar-refractivity contribution in [2.45, 2.75) is 0 Å². The van der Waals surface area contributed by atoms with Crippen molar-refractivity contribution < 1.29 is 14.6 Å². The number of benzene rings is 2. The van der Waals surface area contributed by atoms with E-state index < -0.39 is 5.97 Å². The van der Waals surface area contributed by atoms with Gasteiger partial charge < -0.3 is 19.0 Å². The molecule has 0 aliphatic carbocycles. The van der Waals surface area contributed by atoms with Crippen LogP contribution >= 0.6 is 0 Å². The van der Waals surface area contributed by atoms with Crippen molar-refractivity contribution in [3.05, 3.63) is 55.1 Å². The van der Waals surface area contributed by atoms with Gasteiger partial charge in [0.15, 0.2) is 6.61 Å². The molecule has 0 unspecified atom stereocenters. The van der Waals surface area contributed by atoms with Crippen LogP contribution in [0.1, 0.15) is 0 Å². The molecule has 0 aliphatic rings. The van der Waals surface area contributed by atoms with Gasteiger partial charge in [0.2, 0.25) is 0 Å². The summed E-state index contributed by atoms with van der Waals surface area (Å²) >= 11 is 0. The lowest BCUT2D eigenvalue weighted by Crippen LogP contribution is -2.09. The zero-order chi connectivity index (χ0) is 16.7. The maximum atomic E-state index is 10.7. The molecule has 0 atom stereocenters. The van der Waals surface area contributed by atoms with E-state index in [9.17, 15) is 4.79 Å². The van der Waals surface area contributed by atoms with E-state index in [0.717, 1.165) is 27.5 Å². The van der Waals surface area contributed by atoms with E-state index in [1.54, 1.807) is 18.6 Å². The van der Waals surface area contributed by atoms with Crippen LogP contribution in [-0.2, 0) is 11.8 Å². The van der Waals surface area contributed by atoms with Crippen molar-refractivity contribution in [3.8, 4) is 11.4 Å². The lowest BCUT2D eigenvalue weighted by atomic mass is 10.1. The minimum atomic E-state index is -0.989. The summed E-state index contributed by atoms with van der Waals surface area (Å²) in [5.74, 6) is -0.442. The molecule has 2 aromatic heterocycles. The lowest BCUT2D eigenvalue weighted by molar-refractivity contribution is -0.139. The van der Waals surface area contributed by atoms with E-state index in [0.29, 0.717) is 5.75 Å². The largest absolute Gasteiger partial charge is 0.482 e. The van der Waals surface area contributed by atoms with Crippen LogP contribution in [0.5, 0.6) is 5.75 Å². The average Bonchev–Trinajstić information content (AvgIpc) is 3.21. The first-order chi connectivity index (χ1) is 11.6. The van der Waals surface area contributed by atoms with Gasteiger partial charge in [0.05, 0.1) is 11.8 Å². The number of hydrogen-bond acceptors (Lipinski definition) is 3. The zero-order valence-electron chi connectivity index (χ0n) is 13.0. The van der Waals surface area contributed by atoms with Crippen LogP contribution in [0.4, 0.5) is 0 Å². The molecule has 2 heterocycles. The maximum absolute atomic E-state index is 10.7. The molecule has 0 bridgehead atoms. The van der Waals surface area contributed by atoms with Crippen molar-refractivity contribution in [3.63, 3.8) is 0 Å². The Balaban J connectivity index is 1.86. The number of aliphatic carboxylic acids is 1. The van der Waals surface area contributed by atoms with Gasteiger partial charge in [-0.3, -0.25) is 0 Å². The molecule has 4 rings (SSSR count). The second kappa shape index (κ2) is 5.42. The molecule has 0 saturated heterocycles. The number of fused-ring (bicyclic) bond motifs is 3. The molecule has 0 fully saturated rings. The number of aromatic nitrogens is 3. The average molecular weight is 321 g/mol. The second-order valence-corrected chi connectivity index (χ2v) is 5.59. The van der Waals surface area contributed by atoms with Crippen molar-refractivity contribution in [2.75, 3.05) is 6.61 Å². The standard InChI is InChI=1S/C18H15N3O3/c1-20-16-5-2-12(21-7-6-19-11-21)8-15(16)14-4-3-13(9-17(14)20)24-10-18(22)23/h2-9,11H,10H2,1H3,(H,22,23). The zero-order valence-corrected chi connectivity index (χ0v) is 13.0. The molecule has 24 heavy (non-hydrogen) atoms. The molecule has 1 N–H and O–H groups in total. The Labute approximate surface area is 137 Å². The first kappa shape index (κ1) is 14.3. The van der Waals surface area contributed by atoms with E-state index in [1.165, 1.54) is 0 Å². The highest BCUT2D eigenvalue weighted by atomic mass is 16.5. The third-order valence-electron chi connectivity index (χ3n) is 4.13. The Morgan fingerprint density at radius 3 is 2.79 bits per heavy atom. The molecule has 0 spiro atoms. The molecule has 120 valence electrons. The van der Waals surface area contributed by atoms with Gasteiger partial charge in [0.25, 0.3) is 0 Å². The second-order valence-electron chi connectivity index (χ2n) is 5.59. The number of rotatable bonds is 4. The number of ether oxygens (including phenoxy) is 1. The molecular formula is C18H15N3O3. The first-order valence-corrected chi connectivity index (χ1v) is 7.48. The SMILES string of the molecule is Cn1c2ccc(-n3ccnc3)cc2c2ccc(OCC(=O)O)cc21. The van der Waals surface area contributed by atoms with Gasteiger partial charge in [-0.05, 0) is 30.3 Å². The van der Waals surface area contributed by atoms with E-state index >= 15 is 0 Å². The molecular weight excluding hydrogens is 306 g/mol. The van der Waals surface area contributed by atoms with Crippen LogP contribution in [0.3, 0.4) is 0 Å². The molecule has 2 aromatic carbocycles. The van der Waals surface area contributed by atoms with Crippen LogP contribution in [-0.4, -0.2) is 31.8 Å². The third kappa shape index (κ3) is 2.28. The third-order valence-corrected chi connectivity index (χ3v) is 4.13. The number of imidazole rings is 1. The summed E-state index contributed by atoms with van der Waals surface area (Å²) < 4.78 is 9.32. The monoisotopic (exact) mass is 321 g/mol. The number of aryl methyl sites for hydroxylation is 1. The van der Waals surface area contributed by atoms with Gasteiger partial charge >= 0.3 is 5.97 Å². The highest BCUT2D eigenvalue weighted by Gasteiger charge is 2.11. The summed E-state index contributed by atoms with van der Waals surface area (Å²) in [6.07, 6.45) is 5.42. The number of carboxylic acids is 1. The fraction of sp³-hybridized carbons (Fsp3) is 0.111. The minimum Gasteiger partial charge on any atom is -0.482 e. The topological polar surface area (TPSA) is 69.3 Å². The van der Waals surface area contributed by atoms with Crippen molar-refractivity contribution in [2.24, 2.45) is 7.05 Å². The summed E-state index contributed by atoms with van der Waals surface area (Å²) in [6, 6.07) is 11.9. The number of nitrogens with zero attached hydrogens (tertiary/aromatic N) is 3. The summed E-state index contributed by atoms with van der Waals surface area (Å²) in [6.45, 7) is -0.347. The molecule has 6 nitrogen and oxygen atoms in total. The number of carbonyl (C=O) groups is 1. The Morgan fingerprint density at radius 1 is 1.17 bits per heavy atom. The summed E-state index contributed by atoms with van der Waals surface area (Å²) in [4.78, 5) is 14.7. The molecule has 0 saturated carbocycles. The van der Waals surface area contributed by atoms with Crippen LogP contribution < -0.4 is 4.74 Å². The Hall–Kier alpha value is -3.28. The van der Waals surface area contributed by atoms with Gasteiger partial charge in [-0.15, -0.1) is 0 Å². The van der Waals surface area contributed by atoms with E-state index in [2.05, 4.69) is 21.7 Å². The fourth-order valence-corrected chi connectivity index (χ4v) is 2.99. The van der Waals surface area contributed by atoms with Crippen molar-refractivity contribution >= 4 is 27.8 Å². The van der Waals surface area contributed by atoms with Crippen LogP contribution in [0.15, 0.2) is 55.1 Å². The molecule has 4 aromatic rings. The predicted molar refractivity (Wildman–Crippen MR) is 90.7 cm³/mol. The van der Waals surface area contributed by atoms with Gasteiger partial charge in [0.1, 0.15) is 5.75 Å². The highest BCUT2D eigenvalue weighted by molar-refractivity contribution is 6.09. The van der Waals surface area contributed by atoms with Crippen LogP contribution in [0, 0.1) is 0 Å². The summed E-state index contributed by atoms with van der Waals surface area (Å²) in [7, 11) is 1.99. The number of carboxylic acid groups (broad SMARTS) is 1. The van der Waals surface area contributed by atoms with Gasteiger partial charge in [0, 0.05) is 47.5 Å². The predicted octanol–water partition coefficient (Wildman–Crippen LogP) is 2.98. The molecule has 0 amide bonds. The van der Waals surface area contributed by atoms with Gasteiger partial charge in [-0.1, -0.05) is 0 Å².